The van der Waals surface area contributed by atoms with Gasteiger partial charge in [0, 0.05) is 35.2 Å². The number of ether oxygens (including phenoxy) is 2. The van der Waals surface area contributed by atoms with Gasteiger partial charge < -0.3 is 14.6 Å². The van der Waals surface area contributed by atoms with Crippen molar-refractivity contribution in [1.82, 2.24) is 9.97 Å². The number of halogens is 2. The summed E-state index contributed by atoms with van der Waals surface area (Å²) >= 11 is 0. The van der Waals surface area contributed by atoms with Crippen molar-refractivity contribution >= 4 is 0 Å². The standard InChI is InChI=1S/C24H18F2N2O3/c1-30-21-13-15(9-11-27-21)16-7-8-20(29)23(26)22(16)18-6-5-14(12-19(18)25)17-4-3-10-28-24(17)31-2/h3-13,29H,1-2H3. The lowest BCUT2D eigenvalue weighted by Crippen LogP contribution is -1.96. The summed E-state index contributed by atoms with van der Waals surface area (Å²) in [5.41, 5.74) is 2.03. The number of phenols is 1. The number of phenolic OH excluding ortho intramolecular Hbond substituents is 1. The van der Waals surface area contributed by atoms with Gasteiger partial charge in [0.15, 0.2) is 11.6 Å². The Labute approximate surface area is 177 Å². The number of aromatic hydroxyl groups is 1. The molecule has 5 nitrogen and oxygen atoms in total. The summed E-state index contributed by atoms with van der Waals surface area (Å²) < 4.78 is 40.7. The highest BCUT2D eigenvalue weighted by Crippen LogP contribution is 2.41. The number of rotatable bonds is 5. The molecule has 2 aromatic heterocycles. The van der Waals surface area contributed by atoms with Crippen LogP contribution < -0.4 is 9.47 Å². The van der Waals surface area contributed by atoms with Crippen LogP contribution in [0.4, 0.5) is 8.78 Å². The Hall–Kier alpha value is -4.00. The SMILES string of the molecule is COc1cc(-c2ccc(O)c(F)c2-c2ccc(-c3cccnc3OC)cc2F)ccn1. The van der Waals surface area contributed by atoms with Crippen LogP contribution in [0.5, 0.6) is 17.5 Å². The Morgan fingerprint density at radius 3 is 2.29 bits per heavy atom. The number of pyridine rings is 2. The molecule has 0 aliphatic carbocycles. The van der Waals surface area contributed by atoms with Crippen molar-refractivity contribution in [1.29, 1.82) is 0 Å². The molecule has 7 heteroatoms. The van der Waals surface area contributed by atoms with Crippen molar-refractivity contribution in [3.63, 3.8) is 0 Å². The Kier molecular flexibility index (Phi) is 5.49. The highest BCUT2D eigenvalue weighted by atomic mass is 19.1. The van der Waals surface area contributed by atoms with Gasteiger partial charge >= 0.3 is 0 Å². The molecule has 4 rings (SSSR count). The van der Waals surface area contributed by atoms with Crippen molar-refractivity contribution in [3.8, 4) is 50.9 Å². The van der Waals surface area contributed by atoms with Gasteiger partial charge in [0.25, 0.3) is 0 Å². The first-order valence-electron chi connectivity index (χ1n) is 9.34. The molecule has 0 saturated heterocycles. The predicted octanol–water partition coefficient (Wildman–Crippen LogP) is 5.48. The van der Waals surface area contributed by atoms with E-state index in [1.165, 1.54) is 44.7 Å². The first kappa shape index (κ1) is 20.3. The number of aromatic nitrogens is 2. The molecule has 0 saturated carbocycles. The Morgan fingerprint density at radius 1 is 0.774 bits per heavy atom. The van der Waals surface area contributed by atoms with Crippen LogP contribution in [-0.2, 0) is 0 Å². The fraction of sp³-hybridized carbons (Fsp3) is 0.0833. The summed E-state index contributed by atoms with van der Waals surface area (Å²) in [5, 5.41) is 9.97. The third-order valence-electron chi connectivity index (χ3n) is 4.89. The van der Waals surface area contributed by atoms with Gasteiger partial charge in [-0.1, -0.05) is 12.1 Å². The van der Waals surface area contributed by atoms with Crippen LogP contribution in [0.2, 0.25) is 0 Å². The van der Waals surface area contributed by atoms with Crippen molar-refractivity contribution in [2.45, 2.75) is 0 Å². The lowest BCUT2D eigenvalue weighted by Gasteiger charge is -2.15. The van der Waals surface area contributed by atoms with E-state index in [9.17, 15) is 5.11 Å². The third kappa shape index (κ3) is 3.77. The molecule has 0 fully saturated rings. The number of benzene rings is 2. The van der Waals surface area contributed by atoms with E-state index >= 15 is 8.78 Å². The van der Waals surface area contributed by atoms with Gasteiger partial charge in [-0.25, -0.2) is 18.7 Å². The summed E-state index contributed by atoms with van der Waals surface area (Å²) in [6.07, 6.45) is 3.08. The summed E-state index contributed by atoms with van der Waals surface area (Å²) in [5.74, 6) is -1.47. The van der Waals surface area contributed by atoms with Crippen LogP contribution in [0.15, 0.2) is 67.0 Å². The smallest absolute Gasteiger partial charge is 0.221 e. The van der Waals surface area contributed by atoms with Crippen molar-refractivity contribution < 1.29 is 23.4 Å². The second-order valence-electron chi connectivity index (χ2n) is 6.66. The van der Waals surface area contributed by atoms with E-state index in [-0.39, 0.29) is 11.1 Å². The van der Waals surface area contributed by atoms with Crippen LogP contribution in [0, 0.1) is 11.6 Å². The lowest BCUT2D eigenvalue weighted by molar-refractivity contribution is 0.398. The van der Waals surface area contributed by atoms with E-state index in [0.29, 0.717) is 34.0 Å². The zero-order valence-electron chi connectivity index (χ0n) is 16.8. The first-order valence-corrected chi connectivity index (χ1v) is 9.34. The molecule has 0 aliphatic heterocycles. The average molecular weight is 420 g/mol. The number of methoxy groups -OCH3 is 2. The Bertz CT molecular complexity index is 1260. The van der Waals surface area contributed by atoms with Crippen molar-refractivity contribution in [2.24, 2.45) is 0 Å². The minimum atomic E-state index is -0.918. The highest BCUT2D eigenvalue weighted by Gasteiger charge is 2.20. The Morgan fingerprint density at radius 2 is 1.55 bits per heavy atom. The highest BCUT2D eigenvalue weighted by molar-refractivity contribution is 5.86. The molecule has 31 heavy (non-hydrogen) atoms. The fourth-order valence-electron chi connectivity index (χ4n) is 3.42. The second kappa shape index (κ2) is 8.39. The molecule has 1 N–H and O–H groups in total. The largest absolute Gasteiger partial charge is 0.505 e. The van der Waals surface area contributed by atoms with Gasteiger partial charge in [-0.3, -0.25) is 0 Å². The van der Waals surface area contributed by atoms with Crippen LogP contribution >= 0.6 is 0 Å². The van der Waals surface area contributed by atoms with Crippen LogP contribution in [0.3, 0.4) is 0 Å². The van der Waals surface area contributed by atoms with Gasteiger partial charge in [-0.05, 0) is 53.1 Å². The molecule has 0 atom stereocenters. The zero-order chi connectivity index (χ0) is 22.0. The van der Waals surface area contributed by atoms with Crippen molar-refractivity contribution in [3.05, 3.63) is 78.6 Å². The quantitative estimate of drug-likeness (QED) is 0.463. The van der Waals surface area contributed by atoms with Crippen molar-refractivity contribution in [2.75, 3.05) is 14.2 Å². The maximum absolute atomic E-state index is 15.3. The monoisotopic (exact) mass is 420 g/mol. The normalized spacial score (nSPS) is 10.7. The molecule has 0 spiro atoms. The van der Waals surface area contributed by atoms with Gasteiger partial charge in [-0.15, -0.1) is 0 Å². The van der Waals surface area contributed by atoms with Gasteiger partial charge in [0.05, 0.1) is 14.2 Å². The van der Waals surface area contributed by atoms with E-state index < -0.39 is 17.4 Å². The second-order valence-corrected chi connectivity index (χ2v) is 6.66. The number of hydrogen-bond acceptors (Lipinski definition) is 5. The fourth-order valence-corrected chi connectivity index (χ4v) is 3.42. The van der Waals surface area contributed by atoms with Gasteiger partial charge in [-0.2, -0.15) is 0 Å². The van der Waals surface area contributed by atoms with E-state index in [1.54, 1.807) is 36.5 Å². The molecule has 2 aromatic carbocycles. The average Bonchev–Trinajstić information content (AvgIpc) is 2.81. The van der Waals surface area contributed by atoms with Gasteiger partial charge in [0.2, 0.25) is 11.8 Å². The molecule has 2 heterocycles. The molecule has 0 radical (unpaired) electrons. The summed E-state index contributed by atoms with van der Waals surface area (Å²) in [6.45, 7) is 0. The number of nitrogens with zero attached hydrogens (tertiary/aromatic N) is 2. The predicted molar refractivity (Wildman–Crippen MR) is 113 cm³/mol. The summed E-state index contributed by atoms with van der Waals surface area (Å²) in [6, 6.07) is 13.9. The minimum Gasteiger partial charge on any atom is -0.505 e. The first-order chi connectivity index (χ1) is 15.0. The topological polar surface area (TPSA) is 64.5 Å². The van der Waals surface area contributed by atoms with Crippen LogP contribution in [0.1, 0.15) is 0 Å². The summed E-state index contributed by atoms with van der Waals surface area (Å²) in [7, 11) is 2.95. The molecule has 156 valence electrons. The molecular formula is C24H18F2N2O3. The molecule has 0 bridgehead atoms. The minimum absolute atomic E-state index is 0.00536. The third-order valence-corrected chi connectivity index (χ3v) is 4.89. The van der Waals surface area contributed by atoms with E-state index in [1.807, 2.05) is 0 Å². The molecule has 0 amide bonds. The van der Waals surface area contributed by atoms with Crippen LogP contribution in [0.25, 0.3) is 33.4 Å². The maximum Gasteiger partial charge on any atom is 0.221 e. The molecule has 0 aliphatic rings. The molecule has 0 unspecified atom stereocenters. The van der Waals surface area contributed by atoms with Crippen LogP contribution in [-0.4, -0.2) is 29.3 Å². The van der Waals surface area contributed by atoms with E-state index in [0.717, 1.165) is 0 Å². The lowest BCUT2D eigenvalue weighted by atomic mass is 9.92. The van der Waals surface area contributed by atoms with Gasteiger partial charge in [0.1, 0.15) is 5.82 Å². The molecule has 4 aromatic rings. The van der Waals surface area contributed by atoms with E-state index in [2.05, 4.69) is 9.97 Å². The van der Waals surface area contributed by atoms with E-state index in [4.69, 9.17) is 9.47 Å². The zero-order valence-corrected chi connectivity index (χ0v) is 16.8. The number of hydrogen-bond donors (Lipinski definition) is 1. The maximum atomic E-state index is 15.3. The summed E-state index contributed by atoms with van der Waals surface area (Å²) in [4.78, 5) is 8.17. The molecular weight excluding hydrogens is 402 g/mol. The Balaban J connectivity index is 1.89.